The topological polar surface area (TPSA) is 29.1 Å². The second-order valence-corrected chi connectivity index (χ2v) is 6.01. The van der Waals surface area contributed by atoms with Gasteiger partial charge in [-0.25, -0.2) is 0 Å². The van der Waals surface area contributed by atoms with Crippen molar-refractivity contribution in [3.8, 4) is 0 Å². The molecule has 0 bridgehead atoms. The molecule has 2 aromatic rings. The van der Waals surface area contributed by atoms with Crippen LogP contribution in [0.2, 0.25) is 5.82 Å². The average molecular weight is 358 g/mol. The maximum atomic E-state index is 12.5. The molecule has 0 aliphatic rings. The molecule has 0 unspecified atom stereocenters. The van der Waals surface area contributed by atoms with Crippen molar-refractivity contribution in [2.45, 2.75) is 12.0 Å². The van der Waals surface area contributed by atoms with Crippen molar-refractivity contribution in [3.05, 3.63) is 59.7 Å². The molecule has 1 amide bonds. The molecule has 0 heterocycles. The normalized spacial score (nSPS) is 11.2. The van der Waals surface area contributed by atoms with Crippen LogP contribution in [0.1, 0.15) is 15.9 Å². The van der Waals surface area contributed by atoms with E-state index in [0.717, 1.165) is 16.6 Å². The first-order chi connectivity index (χ1) is 9.91. The third kappa shape index (κ3) is 3.86. The van der Waals surface area contributed by atoms with Crippen LogP contribution in [0.3, 0.4) is 0 Å². The zero-order valence-electron chi connectivity index (χ0n) is 11.1. The predicted octanol–water partition coefficient (Wildman–Crippen LogP) is 3.34. The van der Waals surface area contributed by atoms with Crippen LogP contribution in [0.15, 0.2) is 48.5 Å². The molecule has 21 heavy (non-hydrogen) atoms. The Labute approximate surface area is 126 Å². The quantitative estimate of drug-likeness (QED) is 0.838. The van der Waals surface area contributed by atoms with E-state index in [4.69, 9.17) is 0 Å². The Hall–Kier alpha value is -1.78. The van der Waals surface area contributed by atoms with E-state index in [1.54, 1.807) is 12.1 Å². The molecular formula is C15H12F3NOSe. The van der Waals surface area contributed by atoms with Crippen molar-refractivity contribution >= 4 is 31.0 Å². The van der Waals surface area contributed by atoms with Gasteiger partial charge >= 0.3 is 126 Å². The number of carbonyl (C=O) groups excluding carboxylic acids is 1. The van der Waals surface area contributed by atoms with Crippen LogP contribution in [0.5, 0.6) is 0 Å². The summed E-state index contributed by atoms with van der Waals surface area (Å²) < 4.78 is 38.3. The summed E-state index contributed by atoms with van der Waals surface area (Å²) in [7, 11) is 0. The fraction of sp³-hybridized carbons (Fsp3) is 0.133. The summed E-state index contributed by atoms with van der Waals surface area (Å²) >= 11 is 0.161. The second kappa shape index (κ2) is 6.33. The Morgan fingerprint density at radius 2 is 1.67 bits per heavy atom. The number of hydrogen-bond donors (Lipinski definition) is 1. The number of anilines is 1. The third-order valence-electron chi connectivity index (χ3n) is 2.82. The van der Waals surface area contributed by atoms with Gasteiger partial charge in [-0.3, -0.25) is 0 Å². The minimum atomic E-state index is -4.38. The van der Waals surface area contributed by atoms with E-state index in [1.807, 2.05) is 18.0 Å². The van der Waals surface area contributed by atoms with Crippen LogP contribution in [-0.2, 0) is 6.18 Å². The van der Waals surface area contributed by atoms with Gasteiger partial charge in [0, 0.05) is 0 Å². The maximum absolute atomic E-state index is 12.5. The molecule has 2 nitrogen and oxygen atoms in total. The standard InChI is InChI=1S/C15H12F3NOSe/c1-21-13-5-3-2-4-12(13)14(20)19-11-8-6-10(7-9-11)15(16,17)18/h2-9H,1H3,(H,19,20). The Morgan fingerprint density at radius 3 is 2.24 bits per heavy atom. The van der Waals surface area contributed by atoms with E-state index >= 15 is 0 Å². The zero-order chi connectivity index (χ0) is 15.5. The number of nitrogens with one attached hydrogen (secondary N) is 1. The van der Waals surface area contributed by atoms with E-state index in [0.29, 0.717) is 11.3 Å². The molecule has 2 aromatic carbocycles. The first-order valence-corrected chi connectivity index (χ1v) is 8.60. The molecule has 0 radical (unpaired) electrons. The van der Waals surface area contributed by atoms with Crippen LogP contribution in [0.25, 0.3) is 0 Å². The van der Waals surface area contributed by atoms with Gasteiger partial charge < -0.3 is 0 Å². The number of carbonyl (C=O) groups is 1. The summed E-state index contributed by atoms with van der Waals surface area (Å²) in [6.07, 6.45) is -4.38. The number of halogens is 3. The van der Waals surface area contributed by atoms with E-state index < -0.39 is 11.7 Å². The minimum absolute atomic E-state index is 0.161. The van der Waals surface area contributed by atoms with Gasteiger partial charge in [0.15, 0.2) is 0 Å². The molecule has 0 saturated carbocycles. The number of rotatable bonds is 3. The SMILES string of the molecule is C[Se]c1ccccc1C(=O)Nc1ccc(C(F)(F)F)cc1. The van der Waals surface area contributed by atoms with E-state index in [1.165, 1.54) is 12.1 Å². The number of benzene rings is 2. The van der Waals surface area contributed by atoms with Gasteiger partial charge in [-0.15, -0.1) is 0 Å². The van der Waals surface area contributed by atoms with Crippen molar-refractivity contribution in [3.63, 3.8) is 0 Å². The first kappa shape index (κ1) is 15.6. The Kier molecular flexibility index (Phi) is 4.70. The molecule has 0 fully saturated rings. The number of hydrogen-bond acceptors (Lipinski definition) is 1. The molecule has 110 valence electrons. The van der Waals surface area contributed by atoms with Gasteiger partial charge in [0.2, 0.25) is 0 Å². The van der Waals surface area contributed by atoms with Crippen molar-refractivity contribution in [1.82, 2.24) is 0 Å². The van der Waals surface area contributed by atoms with Gasteiger partial charge in [-0.05, 0) is 0 Å². The van der Waals surface area contributed by atoms with Crippen LogP contribution < -0.4 is 9.78 Å². The summed E-state index contributed by atoms with van der Waals surface area (Å²) in [6, 6.07) is 11.6. The van der Waals surface area contributed by atoms with Crippen LogP contribution in [0, 0.1) is 0 Å². The Morgan fingerprint density at radius 1 is 1.05 bits per heavy atom. The number of alkyl halides is 3. The first-order valence-electron chi connectivity index (χ1n) is 6.03. The molecule has 0 saturated heterocycles. The van der Waals surface area contributed by atoms with E-state index in [-0.39, 0.29) is 20.9 Å². The summed E-state index contributed by atoms with van der Waals surface area (Å²) in [5.41, 5.74) is 0.157. The Bertz CT molecular complexity index is 638. The molecule has 0 aliphatic carbocycles. The molecular weight excluding hydrogens is 346 g/mol. The van der Waals surface area contributed by atoms with Gasteiger partial charge in [0.05, 0.1) is 0 Å². The molecule has 6 heteroatoms. The third-order valence-corrected chi connectivity index (χ3v) is 4.49. The fourth-order valence-electron chi connectivity index (χ4n) is 1.77. The van der Waals surface area contributed by atoms with Crippen molar-refractivity contribution < 1.29 is 18.0 Å². The van der Waals surface area contributed by atoms with Crippen LogP contribution >= 0.6 is 0 Å². The molecule has 0 aromatic heterocycles. The Balaban J connectivity index is 2.16. The van der Waals surface area contributed by atoms with E-state index in [9.17, 15) is 18.0 Å². The van der Waals surface area contributed by atoms with Crippen molar-refractivity contribution in [1.29, 1.82) is 0 Å². The summed E-state index contributed by atoms with van der Waals surface area (Å²) in [6.45, 7) is 0. The molecule has 0 aliphatic heterocycles. The summed E-state index contributed by atoms with van der Waals surface area (Å²) in [4.78, 5) is 12.2. The molecule has 2 rings (SSSR count). The van der Waals surface area contributed by atoms with Crippen LogP contribution in [0.4, 0.5) is 18.9 Å². The summed E-state index contributed by atoms with van der Waals surface area (Å²) in [5.74, 6) is 1.69. The number of amides is 1. The molecule has 0 spiro atoms. The molecule has 1 N–H and O–H groups in total. The van der Waals surface area contributed by atoms with Gasteiger partial charge in [-0.1, -0.05) is 0 Å². The van der Waals surface area contributed by atoms with Crippen LogP contribution in [-0.4, -0.2) is 20.9 Å². The van der Waals surface area contributed by atoms with Gasteiger partial charge in [0.25, 0.3) is 0 Å². The van der Waals surface area contributed by atoms with Gasteiger partial charge in [-0.2, -0.15) is 0 Å². The summed E-state index contributed by atoms with van der Waals surface area (Å²) in [5, 5.41) is 2.62. The van der Waals surface area contributed by atoms with Crippen molar-refractivity contribution in [2.24, 2.45) is 0 Å². The van der Waals surface area contributed by atoms with E-state index in [2.05, 4.69) is 5.32 Å². The predicted molar refractivity (Wildman–Crippen MR) is 77.1 cm³/mol. The second-order valence-electron chi connectivity index (χ2n) is 4.23. The molecule has 0 atom stereocenters. The monoisotopic (exact) mass is 359 g/mol. The van der Waals surface area contributed by atoms with Gasteiger partial charge in [0.1, 0.15) is 0 Å². The zero-order valence-corrected chi connectivity index (χ0v) is 12.8. The average Bonchev–Trinajstić information content (AvgIpc) is 2.46. The van der Waals surface area contributed by atoms with Crippen molar-refractivity contribution in [2.75, 3.05) is 5.32 Å². The fourth-order valence-corrected chi connectivity index (χ4v) is 3.02.